The maximum atomic E-state index is 12.2. The SMILES string of the molecule is CCCC(=O)NCCc1cc2c(OC)ccc(OC)c2[nH]c1=O. The zero-order valence-electron chi connectivity index (χ0n) is 13.7. The van der Waals surface area contributed by atoms with Gasteiger partial charge in [0.15, 0.2) is 0 Å². The number of rotatable bonds is 7. The monoisotopic (exact) mass is 318 g/mol. The summed E-state index contributed by atoms with van der Waals surface area (Å²) in [6.07, 6.45) is 1.76. The van der Waals surface area contributed by atoms with Gasteiger partial charge in [-0.15, -0.1) is 0 Å². The Labute approximate surface area is 134 Å². The van der Waals surface area contributed by atoms with E-state index >= 15 is 0 Å². The Morgan fingerprint density at radius 1 is 1.22 bits per heavy atom. The summed E-state index contributed by atoms with van der Waals surface area (Å²) in [6.45, 7) is 2.38. The standard InChI is InChI=1S/C17H22N2O4/c1-4-5-15(20)18-9-8-11-10-12-13(22-2)6-7-14(23-3)16(12)19-17(11)21/h6-7,10H,4-5,8-9H2,1-3H3,(H,18,20)(H,19,21). The number of benzene rings is 1. The largest absolute Gasteiger partial charge is 0.496 e. The Hall–Kier alpha value is -2.50. The first-order chi connectivity index (χ1) is 11.1. The highest BCUT2D eigenvalue weighted by Gasteiger charge is 2.11. The maximum absolute atomic E-state index is 12.2. The number of ether oxygens (including phenoxy) is 2. The van der Waals surface area contributed by atoms with Gasteiger partial charge in [0.1, 0.15) is 11.5 Å². The van der Waals surface area contributed by atoms with Crippen molar-refractivity contribution in [1.29, 1.82) is 0 Å². The lowest BCUT2D eigenvalue weighted by molar-refractivity contribution is -0.121. The molecule has 1 heterocycles. The van der Waals surface area contributed by atoms with E-state index < -0.39 is 0 Å². The van der Waals surface area contributed by atoms with Gasteiger partial charge in [-0.25, -0.2) is 0 Å². The van der Waals surface area contributed by atoms with E-state index in [0.29, 0.717) is 42.0 Å². The molecule has 0 atom stereocenters. The molecule has 0 aliphatic heterocycles. The lowest BCUT2D eigenvalue weighted by Gasteiger charge is -2.11. The molecule has 2 rings (SSSR count). The molecule has 0 aliphatic rings. The van der Waals surface area contributed by atoms with Crippen LogP contribution in [0.5, 0.6) is 11.5 Å². The van der Waals surface area contributed by atoms with Gasteiger partial charge in [0.2, 0.25) is 5.91 Å². The third kappa shape index (κ3) is 3.83. The lowest BCUT2D eigenvalue weighted by Crippen LogP contribution is -2.27. The van der Waals surface area contributed by atoms with Gasteiger partial charge < -0.3 is 19.8 Å². The topological polar surface area (TPSA) is 80.4 Å². The van der Waals surface area contributed by atoms with Crippen molar-refractivity contribution >= 4 is 16.8 Å². The Balaban J connectivity index is 2.29. The van der Waals surface area contributed by atoms with Gasteiger partial charge in [-0.1, -0.05) is 6.92 Å². The maximum Gasteiger partial charge on any atom is 0.251 e. The Kier molecular flexibility index (Phi) is 5.62. The van der Waals surface area contributed by atoms with Crippen molar-refractivity contribution in [3.8, 4) is 11.5 Å². The number of aromatic nitrogens is 1. The summed E-state index contributed by atoms with van der Waals surface area (Å²) in [7, 11) is 3.13. The van der Waals surface area contributed by atoms with Crippen molar-refractivity contribution in [1.82, 2.24) is 10.3 Å². The minimum absolute atomic E-state index is 0.00367. The fraction of sp³-hybridized carbons (Fsp3) is 0.412. The van der Waals surface area contributed by atoms with E-state index in [0.717, 1.165) is 11.8 Å². The quantitative estimate of drug-likeness (QED) is 0.818. The molecule has 0 saturated carbocycles. The van der Waals surface area contributed by atoms with Crippen LogP contribution >= 0.6 is 0 Å². The zero-order chi connectivity index (χ0) is 16.8. The number of fused-ring (bicyclic) bond motifs is 1. The molecule has 0 bridgehead atoms. The van der Waals surface area contributed by atoms with Crippen LogP contribution in [0.25, 0.3) is 10.9 Å². The van der Waals surface area contributed by atoms with Crippen molar-refractivity contribution in [2.24, 2.45) is 0 Å². The van der Waals surface area contributed by atoms with Crippen molar-refractivity contribution in [3.63, 3.8) is 0 Å². The fourth-order valence-corrected chi connectivity index (χ4v) is 2.47. The van der Waals surface area contributed by atoms with Crippen LogP contribution in [-0.4, -0.2) is 31.7 Å². The lowest BCUT2D eigenvalue weighted by atomic mass is 10.1. The highest BCUT2D eigenvalue weighted by molar-refractivity contribution is 5.90. The predicted molar refractivity (Wildman–Crippen MR) is 89.3 cm³/mol. The minimum atomic E-state index is -0.186. The highest BCUT2D eigenvalue weighted by Crippen LogP contribution is 2.31. The average molecular weight is 318 g/mol. The summed E-state index contributed by atoms with van der Waals surface area (Å²) in [4.78, 5) is 26.6. The van der Waals surface area contributed by atoms with Crippen LogP contribution in [0, 0.1) is 0 Å². The van der Waals surface area contributed by atoms with Crippen molar-refractivity contribution in [2.45, 2.75) is 26.2 Å². The minimum Gasteiger partial charge on any atom is -0.496 e. The van der Waals surface area contributed by atoms with Crippen molar-refractivity contribution < 1.29 is 14.3 Å². The van der Waals surface area contributed by atoms with E-state index in [1.54, 1.807) is 32.4 Å². The smallest absolute Gasteiger partial charge is 0.251 e. The summed E-state index contributed by atoms with van der Waals surface area (Å²) < 4.78 is 10.6. The van der Waals surface area contributed by atoms with E-state index in [9.17, 15) is 9.59 Å². The molecule has 0 spiro atoms. The van der Waals surface area contributed by atoms with E-state index in [4.69, 9.17) is 9.47 Å². The molecule has 2 N–H and O–H groups in total. The molecule has 0 unspecified atom stereocenters. The summed E-state index contributed by atoms with van der Waals surface area (Å²) in [5, 5.41) is 3.59. The van der Waals surface area contributed by atoms with Crippen LogP contribution in [0.2, 0.25) is 0 Å². The van der Waals surface area contributed by atoms with E-state index in [-0.39, 0.29) is 11.5 Å². The summed E-state index contributed by atoms with van der Waals surface area (Å²) >= 11 is 0. The number of nitrogens with one attached hydrogen (secondary N) is 2. The molecule has 1 aromatic carbocycles. The van der Waals surface area contributed by atoms with Gasteiger partial charge >= 0.3 is 0 Å². The van der Waals surface area contributed by atoms with Crippen molar-refractivity contribution in [2.75, 3.05) is 20.8 Å². The van der Waals surface area contributed by atoms with Gasteiger partial charge in [0, 0.05) is 23.9 Å². The molecule has 6 heteroatoms. The molecule has 1 aromatic heterocycles. The average Bonchev–Trinajstić information content (AvgIpc) is 2.54. The number of aromatic amines is 1. The van der Waals surface area contributed by atoms with Gasteiger partial charge in [0.25, 0.3) is 5.56 Å². The second-order valence-electron chi connectivity index (χ2n) is 5.23. The highest BCUT2D eigenvalue weighted by atomic mass is 16.5. The molecule has 0 radical (unpaired) electrons. The van der Waals surface area contributed by atoms with Crippen molar-refractivity contribution in [3.05, 3.63) is 34.1 Å². The number of amides is 1. The normalized spacial score (nSPS) is 10.6. The Morgan fingerprint density at radius 2 is 1.91 bits per heavy atom. The summed E-state index contributed by atoms with van der Waals surface area (Å²) in [5.41, 5.74) is 1.02. The van der Waals surface area contributed by atoms with Gasteiger partial charge in [0.05, 0.1) is 19.7 Å². The van der Waals surface area contributed by atoms with Crippen LogP contribution in [0.1, 0.15) is 25.3 Å². The molecular formula is C17H22N2O4. The molecule has 2 aromatic rings. The number of carbonyl (C=O) groups excluding carboxylic acids is 1. The fourth-order valence-electron chi connectivity index (χ4n) is 2.47. The molecule has 6 nitrogen and oxygen atoms in total. The molecular weight excluding hydrogens is 296 g/mol. The molecule has 1 amide bonds. The Bertz CT molecular complexity index is 752. The zero-order valence-corrected chi connectivity index (χ0v) is 13.7. The summed E-state index contributed by atoms with van der Waals surface area (Å²) in [5.74, 6) is 1.25. The van der Waals surface area contributed by atoms with Crippen LogP contribution in [0.4, 0.5) is 0 Å². The van der Waals surface area contributed by atoms with E-state index in [1.807, 2.05) is 6.92 Å². The van der Waals surface area contributed by atoms with Gasteiger partial charge in [-0.2, -0.15) is 0 Å². The molecule has 23 heavy (non-hydrogen) atoms. The first kappa shape index (κ1) is 16.9. The molecule has 0 aliphatic carbocycles. The van der Waals surface area contributed by atoms with Crippen LogP contribution in [0.3, 0.4) is 0 Å². The number of carbonyl (C=O) groups is 1. The van der Waals surface area contributed by atoms with Crippen LogP contribution < -0.4 is 20.3 Å². The molecule has 124 valence electrons. The number of pyridine rings is 1. The number of hydrogen-bond donors (Lipinski definition) is 2. The second kappa shape index (κ2) is 7.67. The Morgan fingerprint density at radius 3 is 2.57 bits per heavy atom. The third-order valence-electron chi connectivity index (χ3n) is 3.65. The first-order valence-corrected chi connectivity index (χ1v) is 7.64. The number of hydrogen-bond acceptors (Lipinski definition) is 4. The summed E-state index contributed by atoms with van der Waals surface area (Å²) in [6, 6.07) is 5.34. The number of H-pyrrole nitrogens is 1. The second-order valence-corrected chi connectivity index (χ2v) is 5.23. The number of methoxy groups -OCH3 is 2. The van der Waals surface area contributed by atoms with Gasteiger partial charge in [-0.05, 0) is 31.0 Å². The van der Waals surface area contributed by atoms with Crippen LogP contribution in [0.15, 0.2) is 23.0 Å². The van der Waals surface area contributed by atoms with Crippen LogP contribution in [-0.2, 0) is 11.2 Å². The third-order valence-corrected chi connectivity index (χ3v) is 3.65. The van der Waals surface area contributed by atoms with E-state index in [1.165, 1.54) is 0 Å². The van der Waals surface area contributed by atoms with E-state index in [2.05, 4.69) is 10.3 Å². The predicted octanol–water partition coefficient (Wildman–Crippen LogP) is 2.00. The first-order valence-electron chi connectivity index (χ1n) is 7.64. The molecule has 0 saturated heterocycles. The van der Waals surface area contributed by atoms with Gasteiger partial charge in [-0.3, -0.25) is 9.59 Å². The molecule has 0 fully saturated rings.